The number of carbonyl (C=O) groups is 1. The summed E-state index contributed by atoms with van der Waals surface area (Å²) in [6, 6.07) is 16.8. The molecule has 0 aliphatic carbocycles. The van der Waals surface area contributed by atoms with Gasteiger partial charge in [0.25, 0.3) is 5.91 Å². The molecule has 1 heterocycles. The van der Waals surface area contributed by atoms with Crippen molar-refractivity contribution in [3.05, 3.63) is 71.1 Å². The molecule has 0 aliphatic rings. The van der Waals surface area contributed by atoms with Gasteiger partial charge in [-0.05, 0) is 53.3 Å². The Morgan fingerprint density at radius 1 is 1.17 bits per heavy atom. The van der Waals surface area contributed by atoms with Crippen LogP contribution in [0, 0.1) is 0 Å². The SMILES string of the molecule is COP(C)(=O)OCCc1ccc(C(=O)Nc2cc(-c3cccs3)ccc2N)cc1. The monoisotopic (exact) mass is 430 g/mol. The number of rotatable bonds is 8. The molecule has 1 amide bonds. The molecule has 29 heavy (non-hydrogen) atoms. The quantitative estimate of drug-likeness (QED) is 0.375. The highest BCUT2D eigenvalue weighted by atomic mass is 32.1. The summed E-state index contributed by atoms with van der Waals surface area (Å²) in [5.74, 6) is -0.236. The van der Waals surface area contributed by atoms with E-state index < -0.39 is 7.60 Å². The molecule has 0 saturated heterocycles. The van der Waals surface area contributed by atoms with Crippen LogP contribution in [-0.4, -0.2) is 26.3 Å². The van der Waals surface area contributed by atoms with Gasteiger partial charge >= 0.3 is 7.60 Å². The number of nitrogens with two attached hydrogens (primary N) is 1. The summed E-state index contributed by atoms with van der Waals surface area (Å²) in [6.45, 7) is 1.71. The van der Waals surface area contributed by atoms with Gasteiger partial charge in [0.1, 0.15) is 0 Å². The van der Waals surface area contributed by atoms with Crippen LogP contribution < -0.4 is 11.1 Å². The molecule has 8 heteroatoms. The number of nitrogen functional groups attached to an aromatic ring is 1. The van der Waals surface area contributed by atoms with Crippen molar-refractivity contribution in [3.63, 3.8) is 0 Å². The summed E-state index contributed by atoms with van der Waals surface area (Å²) in [7, 11) is -1.62. The van der Waals surface area contributed by atoms with E-state index in [4.69, 9.17) is 14.8 Å². The molecule has 3 aromatic rings. The van der Waals surface area contributed by atoms with E-state index >= 15 is 0 Å². The largest absolute Gasteiger partial charge is 0.397 e. The van der Waals surface area contributed by atoms with Crippen LogP contribution in [0.2, 0.25) is 0 Å². The van der Waals surface area contributed by atoms with Crippen LogP contribution in [0.1, 0.15) is 15.9 Å². The lowest BCUT2D eigenvalue weighted by Crippen LogP contribution is -2.13. The third kappa shape index (κ3) is 5.78. The van der Waals surface area contributed by atoms with Crippen LogP contribution in [0.5, 0.6) is 0 Å². The van der Waals surface area contributed by atoms with E-state index in [9.17, 15) is 9.36 Å². The average Bonchev–Trinajstić information content (AvgIpc) is 3.25. The van der Waals surface area contributed by atoms with E-state index in [0.29, 0.717) is 23.4 Å². The second-order valence-electron chi connectivity index (χ2n) is 6.47. The van der Waals surface area contributed by atoms with E-state index in [1.807, 2.05) is 41.8 Å². The van der Waals surface area contributed by atoms with Gasteiger partial charge in [-0.15, -0.1) is 11.3 Å². The van der Waals surface area contributed by atoms with E-state index in [2.05, 4.69) is 5.32 Å². The molecule has 2 aromatic carbocycles. The van der Waals surface area contributed by atoms with Crippen molar-refractivity contribution in [2.24, 2.45) is 0 Å². The molecule has 1 aromatic heterocycles. The smallest absolute Gasteiger partial charge is 0.327 e. The van der Waals surface area contributed by atoms with E-state index in [0.717, 1.165) is 16.0 Å². The Morgan fingerprint density at radius 3 is 2.59 bits per heavy atom. The van der Waals surface area contributed by atoms with Crippen molar-refractivity contribution in [2.45, 2.75) is 6.42 Å². The summed E-state index contributed by atoms with van der Waals surface area (Å²) in [4.78, 5) is 13.7. The molecule has 6 nitrogen and oxygen atoms in total. The minimum atomic E-state index is -2.98. The Kier molecular flexibility index (Phi) is 6.87. The predicted octanol–water partition coefficient (Wildman–Crippen LogP) is 5.28. The molecular weight excluding hydrogens is 407 g/mol. The molecule has 1 atom stereocenters. The highest BCUT2D eigenvalue weighted by Crippen LogP contribution is 2.42. The molecule has 0 spiro atoms. The van der Waals surface area contributed by atoms with Crippen molar-refractivity contribution in [3.8, 4) is 10.4 Å². The van der Waals surface area contributed by atoms with Gasteiger partial charge in [-0.25, -0.2) is 0 Å². The first-order valence-corrected chi connectivity index (χ1v) is 11.9. The van der Waals surface area contributed by atoms with Crippen molar-refractivity contribution in [1.29, 1.82) is 0 Å². The van der Waals surface area contributed by atoms with E-state index in [1.54, 1.807) is 29.5 Å². The number of carbonyl (C=O) groups excluding carboxylic acids is 1. The summed E-state index contributed by atoms with van der Waals surface area (Å²) < 4.78 is 21.7. The maximum Gasteiger partial charge on any atom is 0.327 e. The van der Waals surface area contributed by atoms with Gasteiger partial charge in [0.15, 0.2) is 0 Å². The molecule has 152 valence electrons. The molecule has 0 radical (unpaired) electrons. The highest BCUT2D eigenvalue weighted by molar-refractivity contribution is 7.52. The fourth-order valence-electron chi connectivity index (χ4n) is 2.66. The van der Waals surface area contributed by atoms with E-state index in [-0.39, 0.29) is 12.5 Å². The molecule has 0 aliphatic heterocycles. The molecular formula is C21H23N2O4PS. The van der Waals surface area contributed by atoms with Crippen LogP contribution in [0.25, 0.3) is 10.4 Å². The lowest BCUT2D eigenvalue weighted by molar-refractivity contribution is 0.102. The first-order chi connectivity index (χ1) is 13.9. The highest BCUT2D eigenvalue weighted by Gasteiger charge is 2.14. The number of nitrogens with one attached hydrogen (secondary N) is 1. The zero-order chi connectivity index (χ0) is 20.9. The Bertz CT molecular complexity index is 1020. The van der Waals surface area contributed by atoms with Crippen molar-refractivity contribution in [2.75, 3.05) is 31.4 Å². The summed E-state index contributed by atoms with van der Waals surface area (Å²) in [5, 5.41) is 4.89. The topological polar surface area (TPSA) is 90.6 Å². The third-order valence-corrected chi connectivity index (χ3v) is 6.61. The number of thiophene rings is 1. The van der Waals surface area contributed by atoms with Gasteiger partial charge in [0.05, 0.1) is 18.0 Å². The van der Waals surface area contributed by atoms with Gasteiger partial charge in [-0.3, -0.25) is 9.36 Å². The molecule has 3 rings (SSSR count). The van der Waals surface area contributed by atoms with Crippen molar-refractivity contribution < 1.29 is 18.4 Å². The Hall–Kier alpha value is -2.44. The normalized spacial score (nSPS) is 13.0. The third-order valence-electron chi connectivity index (χ3n) is 4.37. The first-order valence-electron chi connectivity index (χ1n) is 8.99. The lowest BCUT2D eigenvalue weighted by atomic mass is 10.1. The first kappa shape index (κ1) is 21.3. The summed E-state index contributed by atoms with van der Waals surface area (Å²) in [5.41, 5.74) is 9.62. The number of amides is 1. The second kappa shape index (κ2) is 9.37. The van der Waals surface area contributed by atoms with Gasteiger partial charge in [0.2, 0.25) is 0 Å². The second-order valence-corrected chi connectivity index (χ2v) is 9.58. The Labute approximate surface area is 174 Å². The number of benzene rings is 2. The van der Waals surface area contributed by atoms with Gasteiger partial charge in [-0.2, -0.15) is 0 Å². The number of hydrogen-bond donors (Lipinski definition) is 2. The zero-order valence-electron chi connectivity index (χ0n) is 16.3. The number of anilines is 2. The van der Waals surface area contributed by atoms with Crippen LogP contribution in [0.3, 0.4) is 0 Å². The lowest BCUT2D eigenvalue weighted by Gasteiger charge is -2.12. The van der Waals surface area contributed by atoms with Crippen LogP contribution in [0.4, 0.5) is 11.4 Å². The van der Waals surface area contributed by atoms with E-state index in [1.165, 1.54) is 13.8 Å². The maximum atomic E-state index is 12.6. The Morgan fingerprint density at radius 2 is 1.93 bits per heavy atom. The fourth-order valence-corrected chi connectivity index (χ4v) is 3.91. The summed E-state index contributed by atoms with van der Waals surface area (Å²) in [6.07, 6.45) is 0.568. The molecule has 0 fully saturated rings. The molecule has 1 unspecified atom stereocenters. The molecule has 3 N–H and O–H groups in total. The van der Waals surface area contributed by atoms with Crippen molar-refractivity contribution >= 4 is 36.2 Å². The predicted molar refractivity (Wildman–Crippen MR) is 119 cm³/mol. The van der Waals surface area contributed by atoms with Gasteiger partial charge < -0.3 is 20.1 Å². The van der Waals surface area contributed by atoms with Crippen LogP contribution in [0.15, 0.2) is 60.0 Å². The average molecular weight is 430 g/mol. The standard InChI is InChI=1S/C21H23N2O4PS/c1-26-28(2,25)27-12-11-15-5-7-16(8-6-15)21(24)23-19-14-17(9-10-18(19)22)20-4-3-13-29-20/h3-10,13-14H,11-12,22H2,1-2H3,(H,23,24). The minimum Gasteiger partial charge on any atom is -0.397 e. The number of hydrogen-bond acceptors (Lipinski definition) is 6. The molecule has 0 saturated carbocycles. The van der Waals surface area contributed by atoms with Crippen molar-refractivity contribution in [1.82, 2.24) is 0 Å². The Balaban J connectivity index is 1.64. The zero-order valence-corrected chi connectivity index (χ0v) is 18.0. The van der Waals surface area contributed by atoms with Gasteiger partial charge in [-0.1, -0.05) is 24.3 Å². The van der Waals surface area contributed by atoms with Crippen LogP contribution in [-0.2, 0) is 20.0 Å². The minimum absolute atomic E-state index is 0.236. The van der Waals surface area contributed by atoms with Crippen LogP contribution >= 0.6 is 18.9 Å². The van der Waals surface area contributed by atoms with Gasteiger partial charge in [0, 0.05) is 24.2 Å². The fraction of sp³-hybridized carbons (Fsp3) is 0.190. The maximum absolute atomic E-state index is 12.6. The summed E-state index contributed by atoms with van der Waals surface area (Å²) >= 11 is 1.63. The molecule has 0 bridgehead atoms.